The third-order valence-electron chi connectivity index (χ3n) is 1.25. The lowest BCUT2D eigenvalue weighted by atomic mass is 10.1. The van der Waals surface area contributed by atoms with Crippen LogP contribution in [0.25, 0.3) is 0 Å². The molecule has 0 bridgehead atoms. The highest BCUT2D eigenvalue weighted by Gasteiger charge is 2.25. The van der Waals surface area contributed by atoms with Crippen molar-refractivity contribution in [2.75, 3.05) is 6.61 Å². The van der Waals surface area contributed by atoms with Crippen molar-refractivity contribution in [3.05, 3.63) is 0 Å². The molecule has 1 unspecified atom stereocenters. The number of aliphatic hydroxyl groups is 3. The molecular weight excluding hydrogens is 168 g/mol. The van der Waals surface area contributed by atoms with E-state index in [-0.39, 0.29) is 0 Å². The Kier molecular flexibility index (Phi) is 4.67. The number of hydrogen-bond donors (Lipinski definition) is 4. The van der Waals surface area contributed by atoms with Crippen molar-refractivity contribution in [2.24, 2.45) is 0 Å². The fourth-order valence-electron chi connectivity index (χ4n) is 0.525. The zero-order valence-corrected chi connectivity index (χ0v) is 7.03. The van der Waals surface area contributed by atoms with Crippen molar-refractivity contribution in [1.29, 1.82) is 0 Å². The first kappa shape index (κ1) is 10.9. The van der Waals surface area contributed by atoms with Crippen LogP contribution in [0.3, 0.4) is 0 Å². The van der Waals surface area contributed by atoms with Gasteiger partial charge in [-0.15, -0.1) is 0 Å². The van der Waals surface area contributed by atoms with Crippen molar-refractivity contribution in [3.63, 3.8) is 0 Å². The van der Waals surface area contributed by atoms with E-state index in [2.05, 4.69) is 12.6 Å². The minimum absolute atomic E-state index is 0.538. The Labute approximate surface area is 70.3 Å². The molecule has 3 N–H and O–H groups in total. The SMILES string of the molecule is CC(S)[C@H](O)C(=O)[C@H](O)CO. The van der Waals surface area contributed by atoms with Gasteiger partial charge in [-0.05, 0) is 0 Å². The fraction of sp³-hybridized carbons (Fsp3) is 0.833. The highest BCUT2D eigenvalue weighted by molar-refractivity contribution is 7.81. The number of hydrogen-bond acceptors (Lipinski definition) is 5. The van der Waals surface area contributed by atoms with Crippen LogP contribution >= 0.6 is 12.6 Å². The lowest BCUT2D eigenvalue weighted by Gasteiger charge is -2.14. The molecule has 0 radical (unpaired) electrons. The van der Waals surface area contributed by atoms with E-state index < -0.39 is 29.8 Å². The molecule has 0 spiro atoms. The maximum atomic E-state index is 10.8. The molecule has 0 saturated carbocycles. The largest absolute Gasteiger partial charge is 0.393 e. The van der Waals surface area contributed by atoms with Gasteiger partial charge in [-0.2, -0.15) is 12.6 Å². The summed E-state index contributed by atoms with van der Waals surface area (Å²) in [7, 11) is 0. The smallest absolute Gasteiger partial charge is 0.193 e. The summed E-state index contributed by atoms with van der Waals surface area (Å²) >= 11 is 3.80. The van der Waals surface area contributed by atoms with Crippen molar-refractivity contribution < 1.29 is 20.1 Å². The molecule has 0 aliphatic carbocycles. The quantitative estimate of drug-likeness (QED) is 0.401. The van der Waals surface area contributed by atoms with Crippen LogP contribution in [0.1, 0.15) is 6.92 Å². The first-order valence-corrected chi connectivity index (χ1v) is 3.71. The Bertz CT molecular complexity index is 137. The maximum absolute atomic E-state index is 10.8. The molecule has 66 valence electrons. The van der Waals surface area contributed by atoms with Crippen LogP contribution < -0.4 is 0 Å². The zero-order chi connectivity index (χ0) is 9.02. The van der Waals surface area contributed by atoms with Crippen LogP contribution in [-0.2, 0) is 4.79 Å². The van der Waals surface area contributed by atoms with Crippen LogP contribution in [0.5, 0.6) is 0 Å². The third-order valence-corrected chi connectivity index (χ3v) is 1.53. The van der Waals surface area contributed by atoms with E-state index in [1.807, 2.05) is 0 Å². The van der Waals surface area contributed by atoms with Crippen molar-refractivity contribution in [2.45, 2.75) is 24.4 Å². The highest BCUT2D eigenvalue weighted by Crippen LogP contribution is 2.03. The molecule has 0 aliphatic heterocycles. The molecule has 0 aromatic heterocycles. The minimum Gasteiger partial charge on any atom is -0.393 e. The number of thiol groups is 1. The Morgan fingerprint density at radius 1 is 1.55 bits per heavy atom. The van der Waals surface area contributed by atoms with E-state index in [0.717, 1.165) is 0 Å². The van der Waals surface area contributed by atoms with Gasteiger partial charge in [0.25, 0.3) is 0 Å². The first-order valence-electron chi connectivity index (χ1n) is 3.19. The van der Waals surface area contributed by atoms with Crippen LogP contribution in [-0.4, -0.2) is 45.2 Å². The second-order valence-electron chi connectivity index (χ2n) is 2.29. The molecule has 0 saturated heterocycles. The monoisotopic (exact) mass is 180 g/mol. The number of Topliss-reactive ketones (excluding diaryl/α,β-unsaturated/α-hetero) is 1. The van der Waals surface area contributed by atoms with E-state index in [1.54, 1.807) is 0 Å². The molecule has 0 heterocycles. The van der Waals surface area contributed by atoms with Gasteiger partial charge < -0.3 is 15.3 Å². The average molecular weight is 180 g/mol. The summed E-state index contributed by atoms with van der Waals surface area (Å²) in [5.74, 6) is -0.796. The standard InChI is InChI=1S/C6H12O4S/c1-3(11)5(9)6(10)4(8)2-7/h3-5,7-9,11H,2H2,1H3/t3?,4-,5+/m1/s1. The number of carbonyl (C=O) groups is 1. The Hall–Kier alpha value is -0.100. The second-order valence-corrected chi connectivity index (χ2v) is 3.10. The molecule has 0 aromatic carbocycles. The van der Waals surface area contributed by atoms with Crippen LogP contribution in [0.4, 0.5) is 0 Å². The molecule has 0 aliphatic rings. The minimum atomic E-state index is -1.50. The first-order chi connectivity index (χ1) is 5.00. The summed E-state index contributed by atoms with van der Waals surface area (Å²) < 4.78 is 0. The molecule has 5 heteroatoms. The van der Waals surface area contributed by atoms with Gasteiger partial charge in [-0.3, -0.25) is 4.79 Å². The van der Waals surface area contributed by atoms with E-state index in [4.69, 9.17) is 15.3 Å². The van der Waals surface area contributed by atoms with Gasteiger partial charge in [-0.25, -0.2) is 0 Å². The second kappa shape index (κ2) is 4.71. The van der Waals surface area contributed by atoms with Gasteiger partial charge in [0, 0.05) is 5.25 Å². The lowest BCUT2D eigenvalue weighted by Crippen LogP contribution is -2.38. The highest BCUT2D eigenvalue weighted by atomic mass is 32.1. The topological polar surface area (TPSA) is 77.8 Å². The van der Waals surface area contributed by atoms with Crippen LogP contribution in [0.15, 0.2) is 0 Å². The van der Waals surface area contributed by atoms with Crippen molar-refractivity contribution >= 4 is 18.4 Å². The molecular formula is C6H12O4S. The molecule has 0 amide bonds. The fourth-order valence-corrected chi connectivity index (χ4v) is 0.672. The van der Waals surface area contributed by atoms with Crippen molar-refractivity contribution in [3.8, 4) is 0 Å². The molecule has 11 heavy (non-hydrogen) atoms. The molecule has 3 atom stereocenters. The number of rotatable bonds is 4. The molecule has 0 fully saturated rings. The Balaban J connectivity index is 4.02. The van der Waals surface area contributed by atoms with Gasteiger partial charge in [0.15, 0.2) is 5.78 Å². The summed E-state index contributed by atoms with van der Waals surface area (Å²) in [6.45, 7) is 0.853. The van der Waals surface area contributed by atoms with Gasteiger partial charge in [-0.1, -0.05) is 6.92 Å². The zero-order valence-electron chi connectivity index (χ0n) is 6.14. The Morgan fingerprint density at radius 3 is 2.27 bits per heavy atom. The predicted octanol–water partition coefficient (Wildman–Crippen LogP) is -1.41. The summed E-state index contributed by atoms with van der Waals surface area (Å²) in [5, 5.41) is 25.5. The molecule has 0 rings (SSSR count). The van der Waals surface area contributed by atoms with E-state index >= 15 is 0 Å². The predicted molar refractivity (Wildman–Crippen MR) is 42.6 cm³/mol. The van der Waals surface area contributed by atoms with Gasteiger partial charge in [0.1, 0.15) is 12.2 Å². The maximum Gasteiger partial charge on any atom is 0.193 e. The van der Waals surface area contributed by atoms with E-state index in [9.17, 15) is 4.79 Å². The van der Waals surface area contributed by atoms with E-state index in [0.29, 0.717) is 0 Å². The van der Waals surface area contributed by atoms with Crippen LogP contribution in [0, 0.1) is 0 Å². The normalized spacial score (nSPS) is 19.0. The Morgan fingerprint density at radius 2 is 2.00 bits per heavy atom. The third kappa shape index (κ3) is 3.20. The summed E-state index contributed by atoms with van der Waals surface area (Å²) in [5.41, 5.74) is 0. The summed E-state index contributed by atoms with van der Waals surface area (Å²) in [6.07, 6.45) is -2.82. The number of ketones is 1. The molecule has 4 nitrogen and oxygen atoms in total. The van der Waals surface area contributed by atoms with Gasteiger partial charge in [0.2, 0.25) is 0 Å². The summed E-state index contributed by atoms with van der Waals surface area (Å²) in [6, 6.07) is 0. The van der Waals surface area contributed by atoms with Crippen molar-refractivity contribution in [1.82, 2.24) is 0 Å². The number of aliphatic hydroxyl groups excluding tert-OH is 3. The number of carbonyl (C=O) groups excluding carboxylic acids is 1. The van der Waals surface area contributed by atoms with Crippen LogP contribution in [0.2, 0.25) is 0 Å². The molecule has 0 aromatic rings. The lowest BCUT2D eigenvalue weighted by molar-refractivity contribution is -0.137. The average Bonchev–Trinajstić information content (AvgIpc) is 2.00. The van der Waals surface area contributed by atoms with E-state index in [1.165, 1.54) is 6.92 Å². The van der Waals surface area contributed by atoms with Gasteiger partial charge in [0.05, 0.1) is 6.61 Å². The van der Waals surface area contributed by atoms with Gasteiger partial charge >= 0.3 is 0 Å². The summed E-state index contributed by atoms with van der Waals surface area (Å²) in [4.78, 5) is 10.8.